The van der Waals surface area contributed by atoms with Crippen LogP contribution in [0, 0.1) is 11.3 Å². The third-order valence-electron chi connectivity index (χ3n) is 1.31. The Morgan fingerprint density at radius 3 is 2.73 bits per heavy atom. The molecular formula is C7H10N2O2. The first kappa shape index (κ1) is 9.63. The molecule has 0 aliphatic carbocycles. The molecule has 0 radical (unpaired) electrons. The zero-order chi connectivity index (χ0) is 8.91. The van der Waals surface area contributed by atoms with Crippen LogP contribution >= 0.6 is 0 Å². The molecule has 0 rings (SSSR count). The molecule has 0 fully saturated rings. The van der Waals surface area contributed by atoms with E-state index >= 15 is 0 Å². The number of aliphatic imine (C=N–C) groups is 1. The van der Waals surface area contributed by atoms with E-state index in [-0.39, 0.29) is 6.42 Å². The summed E-state index contributed by atoms with van der Waals surface area (Å²) in [5.74, 6) is -0.457. The smallest absolute Gasteiger partial charge is 0.309 e. The Hall–Kier alpha value is -1.37. The van der Waals surface area contributed by atoms with Gasteiger partial charge in [0.25, 0.3) is 0 Å². The zero-order valence-corrected chi connectivity index (χ0v) is 6.63. The predicted octanol–water partition coefficient (Wildman–Crippen LogP) is 0.532. The first-order valence-corrected chi connectivity index (χ1v) is 3.04. The highest BCUT2D eigenvalue weighted by Gasteiger charge is 2.25. The van der Waals surface area contributed by atoms with Crippen LogP contribution in [0.4, 0.5) is 0 Å². The second-order valence-electron chi connectivity index (χ2n) is 2.30. The van der Waals surface area contributed by atoms with Crippen LogP contribution in [0.15, 0.2) is 4.99 Å². The van der Waals surface area contributed by atoms with Gasteiger partial charge in [-0.1, -0.05) is 0 Å². The summed E-state index contributed by atoms with van der Waals surface area (Å²) in [7, 11) is 1.27. The van der Waals surface area contributed by atoms with E-state index in [0.29, 0.717) is 0 Å². The van der Waals surface area contributed by atoms with E-state index in [1.165, 1.54) is 14.0 Å². The molecule has 0 aromatic heterocycles. The van der Waals surface area contributed by atoms with Crippen molar-refractivity contribution >= 4 is 12.7 Å². The quantitative estimate of drug-likeness (QED) is 0.440. The molecule has 0 aromatic carbocycles. The summed E-state index contributed by atoms with van der Waals surface area (Å²) >= 11 is 0. The summed E-state index contributed by atoms with van der Waals surface area (Å²) in [6.07, 6.45) is -0.0521. The molecule has 0 aliphatic rings. The maximum atomic E-state index is 10.7. The number of rotatable bonds is 3. The Morgan fingerprint density at radius 1 is 1.91 bits per heavy atom. The largest absolute Gasteiger partial charge is 0.469 e. The van der Waals surface area contributed by atoms with Crippen LogP contribution < -0.4 is 0 Å². The SMILES string of the molecule is C=NC(C)(C#N)CC(=O)OC. The van der Waals surface area contributed by atoms with Crippen LogP contribution in [0.5, 0.6) is 0 Å². The van der Waals surface area contributed by atoms with Gasteiger partial charge in [-0.3, -0.25) is 9.79 Å². The third kappa shape index (κ3) is 2.80. The van der Waals surface area contributed by atoms with Crippen molar-refractivity contribution in [3.63, 3.8) is 0 Å². The lowest BCUT2D eigenvalue weighted by molar-refractivity contribution is -0.141. The first-order valence-electron chi connectivity index (χ1n) is 3.04. The van der Waals surface area contributed by atoms with E-state index in [2.05, 4.69) is 16.4 Å². The summed E-state index contributed by atoms with van der Waals surface area (Å²) in [5, 5.41) is 8.54. The number of ether oxygens (including phenoxy) is 1. The van der Waals surface area contributed by atoms with E-state index in [4.69, 9.17) is 5.26 Å². The highest BCUT2D eigenvalue weighted by atomic mass is 16.5. The second kappa shape index (κ2) is 3.71. The summed E-state index contributed by atoms with van der Waals surface area (Å²) in [4.78, 5) is 14.2. The van der Waals surface area contributed by atoms with E-state index in [1.54, 1.807) is 0 Å². The molecule has 0 spiro atoms. The number of hydrogen-bond donors (Lipinski definition) is 0. The van der Waals surface area contributed by atoms with Crippen LogP contribution in [0.25, 0.3) is 0 Å². The zero-order valence-electron chi connectivity index (χ0n) is 6.63. The predicted molar refractivity (Wildman–Crippen MR) is 40.2 cm³/mol. The van der Waals surface area contributed by atoms with Crippen molar-refractivity contribution in [3.8, 4) is 6.07 Å². The first-order chi connectivity index (χ1) is 5.08. The normalized spacial score (nSPS) is 14.3. The van der Waals surface area contributed by atoms with Crippen molar-refractivity contribution in [1.29, 1.82) is 5.26 Å². The van der Waals surface area contributed by atoms with Crippen LogP contribution in [0.1, 0.15) is 13.3 Å². The molecule has 11 heavy (non-hydrogen) atoms. The highest BCUT2D eigenvalue weighted by molar-refractivity contribution is 5.71. The lowest BCUT2D eigenvalue weighted by Gasteiger charge is -2.12. The van der Waals surface area contributed by atoms with Crippen LogP contribution in [0.3, 0.4) is 0 Å². The van der Waals surface area contributed by atoms with Gasteiger partial charge >= 0.3 is 5.97 Å². The van der Waals surface area contributed by atoms with Gasteiger partial charge in [0.05, 0.1) is 19.6 Å². The topological polar surface area (TPSA) is 62.5 Å². The molecule has 0 heterocycles. The van der Waals surface area contributed by atoms with Crippen LogP contribution in [-0.2, 0) is 9.53 Å². The van der Waals surface area contributed by atoms with Crippen molar-refractivity contribution in [1.82, 2.24) is 0 Å². The van der Waals surface area contributed by atoms with Gasteiger partial charge in [-0.2, -0.15) is 5.26 Å². The standard InChI is InChI=1S/C7H10N2O2/c1-7(5-8,9-2)4-6(10)11-3/h2,4H2,1,3H3. The molecule has 0 saturated carbocycles. The summed E-state index contributed by atoms with van der Waals surface area (Å²) < 4.78 is 4.37. The Labute approximate surface area is 65.5 Å². The highest BCUT2D eigenvalue weighted by Crippen LogP contribution is 2.13. The average molecular weight is 154 g/mol. The number of hydrogen-bond acceptors (Lipinski definition) is 4. The van der Waals surface area contributed by atoms with Crippen molar-refractivity contribution in [2.24, 2.45) is 4.99 Å². The number of nitriles is 1. The van der Waals surface area contributed by atoms with E-state index in [0.717, 1.165) is 0 Å². The number of esters is 1. The van der Waals surface area contributed by atoms with E-state index in [9.17, 15) is 4.79 Å². The van der Waals surface area contributed by atoms with Gasteiger partial charge in [0.2, 0.25) is 0 Å². The summed E-state index contributed by atoms with van der Waals surface area (Å²) in [6.45, 7) is 4.74. The van der Waals surface area contributed by atoms with Crippen molar-refractivity contribution in [2.45, 2.75) is 18.9 Å². The minimum Gasteiger partial charge on any atom is -0.469 e. The molecule has 1 atom stereocenters. The average Bonchev–Trinajstić information content (AvgIpc) is 2.04. The number of carbonyl (C=O) groups excluding carboxylic acids is 1. The fourth-order valence-corrected chi connectivity index (χ4v) is 0.484. The van der Waals surface area contributed by atoms with Crippen molar-refractivity contribution < 1.29 is 9.53 Å². The Bertz CT molecular complexity index is 207. The summed E-state index contributed by atoms with van der Waals surface area (Å²) in [6, 6.07) is 1.86. The number of nitrogens with zero attached hydrogens (tertiary/aromatic N) is 2. The monoisotopic (exact) mass is 154 g/mol. The number of methoxy groups -OCH3 is 1. The van der Waals surface area contributed by atoms with Gasteiger partial charge in [-0.25, -0.2) is 0 Å². The van der Waals surface area contributed by atoms with Crippen LogP contribution in [0.2, 0.25) is 0 Å². The molecule has 0 bridgehead atoms. The second-order valence-corrected chi connectivity index (χ2v) is 2.30. The number of carbonyl (C=O) groups is 1. The third-order valence-corrected chi connectivity index (χ3v) is 1.31. The van der Waals surface area contributed by atoms with Crippen molar-refractivity contribution in [3.05, 3.63) is 0 Å². The maximum Gasteiger partial charge on any atom is 0.309 e. The Morgan fingerprint density at radius 2 is 2.45 bits per heavy atom. The van der Waals surface area contributed by atoms with Gasteiger partial charge in [0, 0.05) is 0 Å². The van der Waals surface area contributed by atoms with Crippen LogP contribution in [-0.4, -0.2) is 25.3 Å². The molecule has 4 nitrogen and oxygen atoms in total. The molecule has 1 unspecified atom stereocenters. The Kier molecular flexibility index (Phi) is 3.25. The lowest BCUT2D eigenvalue weighted by atomic mass is 10.0. The molecule has 60 valence electrons. The minimum atomic E-state index is -1.05. The molecule has 0 aromatic rings. The van der Waals surface area contributed by atoms with Gasteiger partial charge in [0.15, 0.2) is 5.54 Å². The molecular weight excluding hydrogens is 144 g/mol. The van der Waals surface area contributed by atoms with Gasteiger partial charge in [0.1, 0.15) is 0 Å². The van der Waals surface area contributed by atoms with Crippen molar-refractivity contribution in [2.75, 3.05) is 7.11 Å². The van der Waals surface area contributed by atoms with E-state index in [1.807, 2.05) is 6.07 Å². The molecule has 4 heteroatoms. The molecule has 0 aliphatic heterocycles. The fraction of sp³-hybridized carbons (Fsp3) is 0.571. The lowest BCUT2D eigenvalue weighted by Crippen LogP contribution is -2.24. The molecule has 0 amide bonds. The van der Waals surface area contributed by atoms with Gasteiger partial charge < -0.3 is 4.74 Å². The molecule has 0 saturated heterocycles. The fourth-order valence-electron chi connectivity index (χ4n) is 0.484. The Balaban J connectivity index is 4.22. The minimum absolute atomic E-state index is 0.0521. The summed E-state index contributed by atoms with van der Waals surface area (Å²) in [5.41, 5.74) is -1.05. The van der Waals surface area contributed by atoms with Gasteiger partial charge in [-0.05, 0) is 13.6 Å². The molecule has 0 N–H and O–H groups in total. The maximum absolute atomic E-state index is 10.7. The van der Waals surface area contributed by atoms with E-state index < -0.39 is 11.5 Å². The van der Waals surface area contributed by atoms with Gasteiger partial charge in [-0.15, -0.1) is 0 Å².